The maximum atomic E-state index is 13.5. The fourth-order valence-corrected chi connectivity index (χ4v) is 1.70. The normalized spacial score (nSPS) is 11.8. The summed E-state index contributed by atoms with van der Waals surface area (Å²) in [4.78, 5) is 15.5. The Morgan fingerprint density at radius 1 is 1.17 bits per heavy atom. The molecule has 0 atom stereocenters. The minimum atomic E-state index is -0.519. The van der Waals surface area contributed by atoms with Crippen LogP contribution in [-0.4, -0.2) is 37.8 Å². The Kier molecular flexibility index (Phi) is 7.31. The number of carbonyl (C=O) groups is 1. The summed E-state index contributed by atoms with van der Waals surface area (Å²) in [6.45, 7) is 6.59. The molecule has 7 heteroatoms. The van der Waals surface area contributed by atoms with Gasteiger partial charge in [0, 0.05) is 32.2 Å². The first-order valence-electron chi connectivity index (χ1n) is 7.46. The zero-order valence-electron chi connectivity index (χ0n) is 14.1. The summed E-state index contributed by atoms with van der Waals surface area (Å²) in [7, 11) is 1.62. The van der Waals surface area contributed by atoms with Gasteiger partial charge in [0.1, 0.15) is 11.4 Å². The maximum Gasteiger partial charge on any atom is 0.407 e. The molecule has 0 bridgehead atoms. The highest BCUT2D eigenvalue weighted by Crippen LogP contribution is 2.06. The van der Waals surface area contributed by atoms with Gasteiger partial charge in [0.2, 0.25) is 0 Å². The molecule has 0 saturated carbocycles. The van der Waals surface area contributed by atoms with Gasteiger partial charge in [0.15, 0.2) is 5.96 Å². The number of aliphatic imine (C=N–C) groups is 1. The van der Waals surface area contributed by atoms with Crippen LogP contribution in [0.1, 0.15) is 26.3 Å². The molecular weight excluding hydrogens is 299 g/mol. The quantitative estimate of drug-likeness (QED) is 0.440. The van der Waals surface area contributed by atoms with Gasteiger partial charge in [0.05, 0.1) is 0 Å². The van der Waals surface area contributed by atoms with Crippen molar-refractivity contribution in [3.8, 4) is 0 Å². The Morgan fingerprint density at radius 2 is 1.83 bits per heavy atom. The first kappa shape index (κ1) is 18.7. The number of rotatable bonds is 5. The number of guanidine groups is 1. The topological polar surface area (TPSA) is 74.8 Å². The summed E-state index contributed by atoms with van der Waals surface area (Å²) >= 11 is 0. The summed E-state index contributed by atoms with van der Waals surface area (Å²) in [6.07, 6.45) is -0.464. The zero-order valence-corrected chi connectivity index (χ0v) is 14.1. The maximum absolute atomic E-state index is 13.5. The van der Waals surface area contributed by atoms with E-state index in [4.69, 9.17) is 4.74 Å². The fourth-order valence-electron chi connectivity index (χ4n) is 1.70. The predicted molar refractivity (Wildman–Crippen MR) is 88.8 cm³/mol. The lowest BCUT2D eigenvalue weighted by molar-refractivity contribution is 0.0529. The van der Waals surface area contributed by atoms with Crippen LogP contribution in [0.25, 0.3) is 0 Å². The number of alkyl carbamates (subject to hydrolysis) is 1. The minimum Gasteiger partial charge on any atom is -0.444 e. The molecule has 0 aliphatic rings. The molecule has 0 fully saturated rings. The number of amides is 1. The molecule has 1 amide bonds. The van der Waals surface area contributed by atoms with Gasteiger partial charge in [-0.2, -0.15) is 0 Å². The third-order valence-electron chi connectivity index (χ3n) is 2.71. The Labute approximate surface area is 136 Å². The molecule has 23 heavy (non-hydrogen) atoms. The van der Waals surface area contributed by atoms with Crippen LogP contribution < -0.4 is 16.0 Å². The van der Waals surface area contributed by atoms with Crippen molar-refractivity contribution in [2.24, 2.45) is 4.99 Å². The highest BCUT2D eigenvalue weighted by molar-refractivity contribution is 5.79. The SMILES string of the molecule is CN=C(NCCNC(=O)OC(C)(C)C)NCc1ccccc1F. The Bertz CT molecular complexity index is 541. The van der Waals surface area contributed by atoms with Crippen molar-refractivity contribution < 1.29 is 13.9 Å². The second-order valence-corrected chi connectivity index (χ2v) is 5.87. The zero-order chi connectivity index (χ0) is 17.3. The summed E-state index contributed by atoms with van der Waals surface area (Å²) in [5, 5.41) is 8.67. The highest BCUT2D eigenvalue weighted by atomic mass is 19.1. The molecule has 0 heterocycles. The summed E-state index contributed by atoms with van der Waals surface area (Å²) in [5.74, 6) is 0.265. The van der Waals surface area contributed by atoms with Crippen molar-refractivity contribution in [3.63, 3.8) is 0 Å². The second kappa shape index (κ2) is 8.97. The van der Waals surface area contributed by atoms with Gasteiger partial charge < -0.3 is 20.7 Å². The first-order valence-corrected chi connectivity index (χ1v) is 7.46. The van der Waals surface area contributed by atoms with Gasteiger partial charge in [-0.3, -0.25) is 4.99 Å². The lowest BCUT2D eigenvalue weighted by Gasteiger charge is -2.20. The molecule has 1 aromatic rings. The van der Waals surface area contributed by atoms with Crippen molar-refractivity contribution in [2.45, 2.75) is 32.9 Å². The smallest absolute Gasteiger partial charge is 0.407 e. The van der Waals surface area contributed by atoms with E-state index in [1.165, 1.54) is 6.07 Å². The molecule has 0 aliphatic carbocycles. The molecule has 0 unspecified atom stereocenters. The minimum absolute atomic E-state index is 0.262. The number of benzene rings is 1. The monoisotopic (exact) mass is 324 g/mol. The Balaban J connectivity index is 2.27. The lowest BCUT2D eigenvalue weighted by atomic mass is 10.2. The molecule has 3 N–H and O–H groups in total. The number of nitrogens with zero attached hydrogens (tertiary/aromatic N) is 1. The largest absolute Gasteiger partial charge is 0.444 e. The molecule has 0 aromatic heterocycles. The number of carbonyl (C=O) groups excluding carboxylic acids is 1. The van der Waals surface area contributed by atoms with Crippen molar-refractivity contribution in [3.05, 3.63) is 35.6 Å². The molecule has 0 aliphatic heterocycles. The number of hydrogen-bond donors (Lipinski definition) is 3. The van der Waals surface area contributed by atoms with Gasteiger partial charge in [0.25, 0.3) is 0 Å². The lowest BCUT2D eigenvalue weighted by Crippen LogP contribution is -2.42. The van der Waals surface area contributed by atoms with Crippen LogP contribution in [0, 0.1) is 5.82 Å². The fraction of sp³-hybridized carbons (Fsp3) is 0.500. The van der Waals surface area contributed by atoms with Gasteiger partial charge >= 0.3 is 6.09 Å². The standard InChI is InChI=1S/C16H25FN4O2/c1-16(2,3)23-15(22)20-10-9-19-14(18-4)21-11-12-7-5-6-8-13(12)17/h5-8H,9-11H2,1-4H3,(H,20,22)(H2,18,19,21). The predicted octanol–water partition coefficient (Wildman–Crippen LogP) is 2.02. The van der Waals surface area contributed by atoms with E-state index in [1.54, 1.807) is 46.0 Å². The summed E-state index contributed by atoms with van der Waals surface area (Å²) in [5.41, 5.74) is 0.0387. The van der Waals surface area contributed by atoms with E-state index in [2.05, 4.69) is 20.9 Å². The number of hydrogen-bond acceptors (Lipinski definition) is 3. The number of halogens is 1. The van der Waals surface area contributed by atoms with E-state index in [0.717, 1.165) is 0 Å². The van der Waals surface area contributed by atoms with Crippen LogP contribution in [0.15, 0.2) is 29.3 Å². The molecule has 6 nitrogen and oxygen atoms in total. The second-order valence-electron chi connectivity index (χ2n) is 5.87. The third-order valence-corrected chi connectivity index (χ3v) is 2.71. The first-order chi connectivity index (χ1) is 10.8. The van der Waals surface area contributed by atoms with Crippen LogP contribution in [0.2, 0.25) is 0 Å². The van der Waals surface area contributed by atoms with Crippen molar-refractivity contribution in [1.82, 2.24) is 16.0 Å². The third kappa shape index (κ3) is 8.04. The Hall–Kier alpha value is -2.31. The van der Waals surface area contributed by atoms with Crippen LogP contribution in [-0.2, 0) is 11.3 Å². The van der Waals surface area contributed by atoms with Gasteiger partial charge in [-0.05, 0) is 26.8 Å². The summed E-state index contributed by atoms with van der Waals surface area (Å²) in [6, 6.07) is 6.55. The van der Waals surface area contributed by atoms with E-state index in [-0.39, 0.29) is 5.82 Å². The van der Waals surface area contributed by atoms with Crippen molar-refractivity contribution in [2.75, 3.05) is 20.1 Å². The molecule has 0 radical (unpaired) electrons. The van der Waals surface area contributed by atoms with Gasteiger partial charge in [-0.25, -0.2) is 9.18 Å². The molecule has 0 spiro atoms. The molecule has 1 aromatic carbocycles. The molecule has 128 valence electrons. The molecule has 0 saturated heterocycles. The van der Waals surface area contributed by atoms with E-state index in [0.29, 0.717) is 31.2 Å². The Morgan fingerprint density at radius 3 is 2.43 bits per heavy atom. The van der Waals surface area contributed by atoms with Crippen LogP contribution in [0.3, 0.4) is 0 Å². The summed E-state index contributed by atoms with van der Waals surface area (Å²) < 4.78 is 18.6. The van der Waals surface area contributed by atoms with Gasteiger partial charge in [-0.1, -0.05) is 18.2 Å². The average molecular weight is 324 g/mol. The molecular formula is C16H25FN4O2. The van der Waals surface area contributed by atoms with Crippen LogP contribution in [0.4, 0.5) is 9.18 Å². The van der Waals surface area contributed by atoms with E-state index in [1.807, 2.05) is 0 Å². The number of nitrogens with one attached hydrogen (secondary N) is 3. The van der Waals surface area contributed by atoms with Crippen molar-refractivity contribution >= 4 is 12.1 Å². The van der Waals surface area contributed by atoms with Crippen LogP contribution in [0.5, 0.6) is 0 Å². The highest BCUT2D eigenvalue weighted by Gasteiger charge is 2.15. The van der Waals surface area contributed by atoms with E-state index >= 15 is 0 Å². The average Bonchev–Trinajstić information content (AvgIpc) is 2.46. The molecule has 1 rings (SSSR count). The van der Waals surface area contributed by atoms with Crippen LogP contribution >= 0.6 is 0 Å². The van der Waals surface area contributed by atoms with E-state index in [9.17, 15) is 9.18 Å². The van der Waals surface area contributed by atoms with Crippen molar-refractivity contribution in [1.29, 1.82) is 0 Å². The van der Waals surface area contributed by atoms with E-state index < -0.39 is 11.7 Å². The number of ether oxygens (including phenoxy) is 1. The van der Waals surface area contributed by atoms with Gasteiger partial charge in [-0.15, -0.1) is 0 Å².